The van der Waals surface area contributed by atoms with Crippen molar-refractivity contribution >= 4 is 84.2 Å². The van der Waals surface area contributed by atoms with Crippen LogP contribution in [0.5, 0.6) is 23.0 Å². The Bertz CT molecular complexity index is 2240. The molecule has 0 radical (unpaired) electrons. The van der Waals surface area contributed by atoms with E-state index in [1.54, 1.807) is 19.3 Å². The number of benzene rings is 4. The summed E-state index contributed by atoms with van der Waals surface area (Å²) in [5.74, 6) is -0.281. The first kappa shape index (κ1) is 44.3. The second-order valence-electron chi connectivity index (χ2n) is 17.0. The van der Waals surface area contributed by atoms with E-state index in [9.17, 15) is 19.2 Å². The molecular formula is C43H42B2Cl4N2O13. The lowest BCUT2D eigenvalue weighted by Crippen LogP contribution is -3.26. The standard InChI is InChI=1S/C15H26N2.2C14H6BCl2O6.H2O/c1-3-7-16-11-13-9-12(14(16)5-1)10-17-8-4-2-6-15(13)17;2*16-7-1-3-11-9(5-7)13(18)22-15(20-11)21-12-4-2-8(17)6-10(12)14(19)23-15;/h12-15H,1-11H2;2*1-6H;1H2/q;2*-1;/p+2/t12-,13-,14-,15+;;;/m0.../s1. The predicted molar refractivity (Wildman–Crippen MR) is 233 cm³/mol. The summed E-state index contributed by atoms with van der Waals surface area (Å²) < 4.78 is 42.4. The quantitative estimate of drug-likeness (QED) is 0.222. The van der Waals surface area contributed by atoms with E-state index in [0.29, 0.717) is 20.1 Å². The third-order valence-corrected chi connectivity index (χ3v) is 14.0. The lowest BCUT2D eigenvalue weighted by atomic mass is 9.71. The second-order valence-corrected chi connectivity index (χ2v) is 18.7. The molecule has 4 N–H and O–H groups in total. The Morgan fingerprint density at radius 1 is 0.438 bits per heavy atom. The molecule has 0 aliphatic carbocycles. The third-order valence-electron chi connectivity index (χ3n) is 13.1. The summed E-state index contributed by atoms with van der Waals surface area (Å²) in [6, 6.07) is 19.7. The minimum atomic E-state index is -3.08. The summed E-state index contributed by atoms with van der Waals surface area (Å²) >= 11 is 23.3. The van der Waals surface area contributed by atoms with E-state index >= 15 is 0 Å². The summed E-state index contributed by atoms with van der Waals surface area (Å²) in [7, 11) is 0. The fourth-order valence-corrected chi connectivity index (χ4v) is 11.1. The molecule has 0 amide bonds. The summed E-state index contributed by atoms with van der Waals surface area (Å²) in [5.41, 5.74) is 0.469. The van der Waals surface area contributed by atoms with Gasteiger partial charge in [0.15, 0.2) is 0 Å². The lowest BCUT2D eigenvalue weighted by molar-refractivity contribution is -0.993. The number of hydrogen-bond donors (Lipinski definition) is 2. The Kier molecular flexibility index (Phi) is 12.1. The highest BCUT2D eigenvalue weighted by Crippen LogP contribution is 2.40. The molecule has 6 atom stereocenters. The van der Waals surface area contributed by atoms with Gasteiger partial charge in [0, 0.05) is 32.9 Å². The normalized spacial score (nSPS) is 26.7. The molecule has 336 valence electrons. The highest BCUT2D eigenvalue weighted by molar-refractivity contribution is 6.62. The number of piperidine rings is 4. The van der Waals surface area contributed by atoms with Gasteiger partial charge >= 0.3 is 37.8 Å². The first-order chi connectivity index (χ1) is 30.3. The van der Waals surface area contributed by atoms with Gasteiger partial charge in [-0.15, -0.1) is 0 Å². The van der Waals surface area contributed by atoms with Crippen molar-refractivity contribution in [2.24, 2.45) is 11.8 Å². The molecule has 2 bridgehead atoms. The van der Waals surface area contributed by atoms with E-state index in [0.717, 1.165) is 23.9 Å². The third kappa shape index (κ3) is 8.55. The number of carbonyl (C=O) groups excluding carboxylic acids is 4. The van der Waals surface area contributed by atoms with Crippen LogP contribution in [0.1, 0.15) is 86.4 Å². The molecule has 2 unspecified atom stereocenters. The van der Waals surface area contributed by atoms with E-state index < -0.39 is 37.8 Å². The van der Waals surface area contributed by atoms with E-state index in [4.69, 9.17) is 83.6 Å². The van der Waals surface area contributed by atoms with Gasteiger partial charge in [0.2, 0.25) is 0 Å². The van der Waals surface area contributed by atoms with Gasteiger partial charge in [0.1, 0.15) is 0 Å². The van der Waals surface area contributed by atoms with Crippen molar-refractivity contribution < 1.29 is 71.7 Å². The topological polar surface area (TPSA) is 182 Å². The molecule has 12 rings (SSSR count). The first-order valence-electron chi connectivity index (χ1n) is 21.2. The average Bonchev–Trinajstić information content (AvgIpc) is 3.26. The molecule has 0 aromatic heterocycles. The Morgan fingerprint density at radius 3 is 1.03 bits per heavy atom. The Labute approximate surface area is 387 Å². The Balaban J connectivity index is 0.000000122. The molecule has 4 aromatic rings. The number of nitrogens with one attached hydrogen (secondary N) is 2. The number of rotatable bonds is 0. The molecule has 64 heavy (non-hydrogen) atoms. The van der Waals surface area contributed by atoms with Gasteiger partial charge in [-0.25, -0.2) is 0 Å². The Morgan fingerprint density at radius 2 is 0.734 bits per heavy atom. The Hall–Kier alpha value is -4.87. The van der Waals surface area contributed by atoms with E-state index in [-0.39, 0.29) is 50.7 Å². The minimum Gasteiger partial charge on any atom is -0.610 e. The molecule has 8 aliphatic heterocycles. The van der Waals surface area contributed by atoms with Crippen molar-refractivity contribution in [2.75, 3.05) is 26.2 Å². The molecule has 8 aliphatic rings. The summed E-state index contributed by atoms with van der Waals surface area (Å²) in [4.78, 5) is 52.6. The summed E-state index contributed by atoms with van der Waals surface area (Å²) in [5, 5.41) is 1.37. The predicted octanol–water partition coefficient (Wildman–Crippen LogP) is 5.14. The number of quaternary nitrogens is 2. The fourth-order valence-electron chi connectivity index (χ4n) is 10.4. The van der Waals surface area contributed by atoms with Crippen molar-refractivity contribution in [1.82, 2.24) is 0 Å². The molecule has 4 saturated heterocycles. The maximum atomic E-state index is 12.1. The van der Waals surface area contributed by atoms with E-state index in [1.807, 2.05) is 9.80 Å². The summed E-state index contributed by atoms with van der Waals surface area (Å²) in [6.45, 7) is -0.0838. The van der Waals surface area contributed by atoms with Gasteiger partial charge in [-0.1, -0.05) is 46.4 Å². The van der Waals surface area contributed by atoms with Crippen molar-refractivity contribution in [1.29, 1.82) is 0 Å². The molecular weight excluding hydrogens is 916 g/mol. The monoisotopic (exact) mass is 956 g/mol. The molecule has 4 aromatic carbocycles. The second kappa shape index (κ2) is 17.5. The van der Waals surface area contributed by atoms with Crippen LogP contribution in [0.3, 0.4) is 0 Å². The van der Waals surface area contributed by atoms with Crippen LogP contribution in [0, 0.1) is 11.8 Å². The van der Waals surface area contributed by atoms with Gasteiger partial charge in [-0.05, 0) is 105 Å². The molecule has 15 nitrogen and oxygen atoms in total. The molecule has 21 heteroatoms. The van der Waals surface area contributed by atoms with Crippen LogP contribution < -0.4 is 28.4 Å². The zero-order chi connectivity index (χ0) is 43.6. The number of carbonyl (C=O) groups is 4. The van der Waals surface area contributed by atoms with Crippen molar-refractivity contribution in [3.05, 3.63) is 115 Å². The highest BCUT2D eigenvalue weighted by atomic mass is 35.5. The van der Waals surface area contributed by atoms with E-state index in [1.165, 1.54) is 125 Å². The molecule has 2 spiro atoms. The molecule has 0 saturated carbocycles. The lowest BCUT2D eigenvalue weighted by Gasteiger charge is -2.52. The number of halogens is 4. The van der Waals surface area contributed by atoms with Crippen LogP contribution in [-0.4, -0.2) is 81.5 Å². The summed E-state index contributed by atoms with van der Waals surface area (Å²) in [6.07, 6.45) is 10.7. The molecule has 4 fully saturated rings. The van der Waals surface area contributed by atoms with E-state index in [2.05, 4.69) is 0 Å². The van der Waals surface area contributed by atoms with Gasteiger partial charge in [-0.3, -0.25) is 19.2 Å². The largest absolute Gasteiger partial charge is 0.781 e. The van der Waals surface area contributed by atoms with Crippen LogP contribution in [0.15, 0.2) is 72.8 Å². The maximum Gasteiger partial charge on any atom is 0.781 e. The zero-order valence-corrected chi connectivity index (χ0v) is 37.1. The van der Waals surface area contributed by atoms with Crippen LogP contribution >= 0.6 is 46.4 Å². The number of fused-ring (bicyclic) bond motifs is 10. The first-order valence-corrected chi connectivity index (χ1v) is 22.7. The smallest absolute Gasteiger partial charge is 0.610 e. The SMILES string of the molecule is C1CC[NH+]2C[C@@H]3C[C@@H](C[NH+]4CCCC[C@@H]34)[C@H]2C1.O.O=C1O[B-]2(OC(=O)c3cc(Cl)ccc3O2)Oc2ccc(Cl)cc21.O=C1O[B-]2(OC(=O)c3cc(Cl)ccc3O2)Oc2ccc(Cl)cc21. The van der Waals surface area contributed by atoms with Crippen molar-refractivity contribution in [3.8, 4) is 23.0 Å². The van der Waals surface area contributed by atoms with Crippen molar-refractivity contribution in [2.45, 2.75) is 57.0 Å². The van der Waals surface area contributed by atoms with Crippen LogP contribution in [0.2, 0.25) is 20.1 Å². The molecule has 8 heterocycles. The van der Waals surface area contributed by atoms with Gasteiger partial charge < -0.3 is 52.5 Å². The van der Waals surface area contributed by atoms with Crippen LogP contribution in [-0.2, 0) is 18.6 Å². The van der Waals surface area contributed by atoms with Gasteiger partial charge in [0.05, 0.1) is 95.4 Å². The fraction of sp³-hybridized carbons (Fsp3) is 0.349. The van der Waals surface area contributed by atoms with Crippen LogP contribution in [0.4, 0.5) is 0 Å². The zero-order valence-electron chi connectivity index (χ0n) is 34.1. The number of hydrogen-bond acceptors (Lipinski definition) is 12. The van der Waals surface area contributed by atoms with Gasteiger partial charge in [-0.2, -0.15) is 0 Å². The van der Waals surface area contributed by atoms with Crippen LogP contribution in [0.25, 0.3) is 0 Å². The van der Waals surface area contributed by atoms with Gasteiger partial charge in [0.25, 0.3) is 0 Å². The highest BCUT2D eigenvalue weighted by Gasteiger charge is 2.54. The maximum absolute atomic E-state index is 12.1. The van der Waals surface area contributed by atoms with Crippen molar-refractivity contribution in [3.63, 3.8) is 0 Å². The minimum absolute atomic E-state index is 0. The average molecular weight is 958 g/mol.